The average Bonchev–Trinajstić information content (AvgIpc) is 2.99. The zero-order chi connectivity index (χ0) is 14.8. The fourth-order valence-electron chi connectivity index (χ4n) is 2.26. The number of aromatic nitrogens is 3. The summed E-state index contributed by atoms with van der Waals surface area (Å²) in [7, 11) is 1.64. The normalized spacial score (nSPS) is 10.6. The molecule has 0 N–H and O–H groups in total. The lowest BCUT2D eigenvalue weighted by Gasteiger charge is -2.12. The van der Waals surface area contributed by atoms with Gasteiger partial charge in [-0.1, -0.05) is 29.8 Å². The summed E-state index contributed by atoms with van der Waals surface area (Å²) < 4.78 is 7.18. The summed E-state index contributed by atoms with van der Waals surface area (Å²) in [6.45, 7) is 1.96. The van der Waals surface area contributed by atoms with E-state index in [0.717, 1.165) is 28.4 Å². The molecule has 0 unspecified atom stereocenters. The second kappa shape index (κ2) is 5.58. The summed E-state index contributed by atoms with van der Waals surface area (Å²) in [6.07, 6.45) is 1.53. The maximum atomic E-state index is 6.20. The predicted octanol–water partition coefficient (Wildman–Crippen LogP) is 3.90. The number of hydrogen-bond donors (Lipinski definition) is 0. The van der Waals surface area contributed by atoms with Crippen molar-refractivity contribution in [3.8, 4) is 22.8 Å². The molecule has 0 aliphatic carbocycles. The van der Waals surface area contributed by atoms with Crippen LogP contribution in [0.25, 0.3) is 17.1 Å². The van der Waals surface area contributed by atoms with E-state index < -0.39 is 0 Å². The van der Waals surface area contributed by atoms with E-state index in [4.69, 9.17) is 16.3 Å². The van der Waals surface area contributed by atoms with Crippen LogP contribution in [0.5, 0.6) is 5.75 Å². The summed E-state index contributed by atoms with van der Waals surface area (Å²) in [5.41, 5.74) is 2.75. The Morgan fingerprint density at radius 2 is 1.90 bits per heavy atom. The van der Waals surface area contributed by atoms with Gasteiger partial charge in [-0.25, -0.2) is 9.67 Å². The fraction of sp³-hybridized carbons (Fsp3) is 0.125. The summed E-state index contributed by atoms with van der Waals surface area (Å²) >= 11 is 6.20. The van der Waals surface area contributed by atoms with Crippen molar-refractivity contribution in [2.75, 3.05) is 7.11 Å². The van der Waals surface area contributed by atoms with Crippen molar-refractivity contribution in [1.82, 2.24) is 14.8 Å². The first-order chi connectivity index (χ1) is 10.2. The van der Waals surface area contributed by atoms with Gasteiger partial charge in [0.05, 0.1) is 18.4 Å². The maximum absolute atomic E-state index is 6.20. The molecule has 0 saturated heterocycles. The summed E-state index contributed by atoms with van der Waals surface area (Å²) in [5.74, 6) is 1.48. The Bertz CT molecular complexity index is 783. The van der Waals surface area contributed by atoms with Crippen LogP contribution in [-0.4, -0.2) is 21.9 Å². The molecule has 5 heteroatoms. The van der Waals surface area contributed by atoms with E-state index >= 15 is 0 Å². The lowest BCUT2D eigenvalue weighted by molar-refractivity contribution is 0.416. The molecule has 3 aromatic rings. The number of ether oxygens (including phenoxy) is 1. The highest BCUT2D eigenvalue weighted by atomic mass is 35.5. The SMILES string of the molecule is COc1ccccc1-c1ncnn1-c1cccc(Cl)c1C. The van der Waals surface area contributed by atoms with Crippen LogP contribution < -0.4 is 4.74 Å². The molecule has 2 aromatic carbocycles. The van der Waals surface area contributed by atoms with Crippen molar-refractivity contribution in [1.29, 1.82) is 0 Å². The third kappa shape index (κ3) is 2.38. The Labute approximate surface area is 128 Å². The zero-order valence-electron chi connectivity index (χ0n) is 11.7. The molecule has 0 radical (unpaired) electrons. The minimum Gasteiger partial charge on any atom is -0.496 e. The number of para-hydroxylation sites is 1. The van der Waals surface area contributed by atoms with Crippen LogP contribution in [0, 0.1) is 6.92 Å². The van der Waals surface area contributed by atoms with Gasteiger partial charge in [0.25, 0.3) is 0 Å². The highest BCUT2D eigenvalue weighted by Gasteiger charge is 2.15. The number of methoxy groups -OCH3 is 1. The highest BCUT2D eigenvalue weighted by molar-refractivity contribution is 6.31. The van der Waals surface area contributed by atoms with Crippen LogP contribution in [0.4, 0.5) is 0 Å². The minimum absolute atomic E-state index is 0.703. The first-order valence-corrected chi connectivity index (χ1v) is 6.89. The van der Waals surface area contributed by atoms with Crippen LogP contribution in [0.3, 0.4) is 0 Å². The van der Waals surface area contributed by atoms with Crippen molar-refractivity contribution >= 4 is 11.6 Å². The highest BCUT2D eigenvalue weighted by Crippen LogP contribution is 2.31. The Balaban J connectivity index is 2.20. The molecular formula is C16H14ClN3O. The predicted molar refractivity (Wildman–Crippen MR) is 83.1 cm³/mol. The molecule has 3 rings (SSSR count). The van der Waals surface area contributed by atoms with Gasteiger partial charge in [-0.15, -0.1) is 0 Å². The summed E-state index contributed by atoms with van der Waals surface area (Å²) in [6, 6.07) is 13.5. The number of rotatable bonds is 3. The molecular weight excluding hydrogens is 286 g/mol. The molecule has 0 atom stereocenters. The topological polar surface area (TPSA) is 39.9 Å². The van der Waals surface area contributed by atoms with Crippen molar-refractivity contribution in [3.63, 3.8) is 0 Å². The molecule has 21 heavy (non-hydrogen) atoms. The molecule has 1 heterocycles. The van der Waals surface area contributed by atoms with Crippen molar-refractivity contribution in [2.45, 2.75) is 6.92 Å². The molecule has 0 fully saturated rings. The van der Waals surface area contributed by atoms with Crippen LogP contribution in [0.2, 0.25) is 5.02 Å². The molecule has 0 bridgehead atoms. The summed E-state index contributed by atoms with van der Waals surface area (Å²) in [4.78, 5) is 4.37. The minimum atomic E-state index is 0.703. The van der Waals surface area contributed by atoms with Crippen molar-refractivity contribution in [2.24, 2.45) is 0 Å². The van der Waals surface area contributed by atoms with Crippen molar-refractivity contribution < 1.29 is 4.74 Å². The Kier molecular flexibility index (Phi) is 3.62. The van der Waals surface area contributed by atoms with E-state index in [1.54, 1.807) is 11.8 Å². The van der Waals surface area contributed by atoms with E-state index in [9.17, 15) is 0 Å². The van der Waals surface area contributed by atoms with Crippen LogP contribution in [0.1, 0.15) is 5.56 Å². The largest absolute Gasteiger partial charge is 0.496 e. The van der Waals surface area contributed by atoms with E-state index in [1.165, 1.54) is 6.33 Å². The fourth-order valence-corrected chi connectivity index (χ4v) is 2.43. The second-order valence-electron chi connectivity index (χ2n) is 4.58. The van der Waals surface area contributed by atoms with E-state index in [-0.39, 0.29) is 0 Å². The van der Waals surface area contributed by atoms with E-state index in [0.29, 0.717) is 5.02 Å². The van der Waals surface area contributed by atoms with Gasteiger partial charge in [0, 0.05) is 5.02 Å². The Morgan fingerprint density at radius 3 is 2.71 bits per heavy atom. The lowest BCUT2D eigenvalue weighted by Crippen LogP contribution is -2.03. The zero-order valence-corrected chi connectivity index (χ0v) is 12.5. The van der Waals surface area contributed by atoms with Gasteiger partial charge >= 0.3 is 0 Å². The van der Waals surface area contributed by atoms with Gasteiger partial charge in [0.1, 0.15) is 12.1 Å². The van der Waals surface area contributed by atoms with Gasteiger partial charge in [-0.05, 0) is 36.8 Å². The molecule has 106 valence electrons. The van der Waals surface area contributed by atoms with Gasteiger partial charge in [-0.3, -0.25) is 0 Å². The van der Waals surface area contributed by atoms with Crippen LogP contribution in [0.15, 0.2) is 48.8 Å². The Hall–Kier alpha value is -2.33. The first kappa shape index (κ1) is 13.6. The van der Waals surface area contributed by atoms with Gasteiger partial charge in [-0.2, -0.15) is 5.10 Å². The molecule has 0 amide bonds. The number of nitrogens with zero attached hydrogens (tertiary/aromatic N) is 3. The van der Waals surface area contributed by atoms with Gasteiger partial charge < -0.3 is 4.74 Å². The molecule has 0 spiro atoms. The summed E-state index contributed by atoms with van der Waals surface area (Å²) in [5, 5.41) is 5.03. The first-order valence-electron chi connectivity index (χ1n) is 6.51. The average molecular weight is 300 g/mol. The van der Waals surface area contributed by atoms with Crippen LogP contribution in [-0.2, 0) is 0 Å². The molecule has 0 saturated carbocycles. The quantitative estimate of drug-likeness (QED) is 0.736. The van der Waals surface area contributed by atoms with Crippen LogP contribution >= 0.6 is 11.6 Å². The number of hydrogen-bond acceptors (Lipinski definition) is 3. The smallest absolute Gasteiger partial charge is 0.166 e. The molecule has 0 aliphatic rings. The van der Waals surface area contributed by atoms with E-state index in [2.05, 4.69) is 10.1 Å². The standard InChI is InChI=1S/C16H14ClN3O/c1-11-13(17)7-5-8-14(11)20-16(18-10-19-20)12-6-3-4-9-15(12)21-2/h3-10H,1-2H3. The monoisotopic (exact) mass is 299 g/mol. The third-order valence-corrected chi connectivity index (χ3v) is 3.77. The molecule has 0 aliphatic heterocycles. The maximum Gasteiger partial charge on any atom is 0.166 e. The Morgan fingerprint density at radius 1 is 1.10 bits per heavy atom. The third-order valence-electron chi connectivity index (χ3n) is 3.36. The lowest BCUT2D eigenvalue weighted by atomic mass is 10.1. The van der Waals surface area contributed by atoms with E-state index in [1.807, 2.05) is 49.4 Å². The molecule has 1 aromatic heterocycles. The second-order valence-corrected chi connectivity index (χ2v) is 4.99. The number of benzene rings is 2. The molecule has 4 nitrogen and oxygen atoms in total. The number of halogens is 1. The van der Waals surface area contributed by atoms with Gasteiger partial charge in [0.15, 0.2) is 5.82 Å². The van der Waals surface area contributed by atoms with Gasteiger partial charge in [0.2, 0.25) is 0 Å². The van der Waals surface area contributed by atoms with Crippen molar-refractivity contribution in [3.05, 3.63) is 59.4 Å².